The van der Waals surface area contributed by atoms with Crippen molar-refractivity contribution in [2.24, 2.45) is 0 Å². The summed E-state index contributed by atoms with van der Waals surface area (Å²) in [6.07, 6.45) is 2.85. The molecular weight excluding hydrogens is 206 g/mol. The van der Waals surface area contributed by atoms with Gasteiger partial charge in [0.25, 0.3) is 0 Å². The van der Waals surface area contributed by atoms with Crippen LogP contribution < -0.4 is 5.32 Å². The minimum atomic E-state index is -0.496. The van der Waals surface area contributed by atoms with Crippen LogP contribution in [0.4, 0.5) is 0 Å². The molecule has 2 atom stereocenters. The Morgan fingerprint density at radius 1 is 1.44 bits per heavy atom. The predicted molar refractivity (Wildman–Crippen MR) is 61.1 cm³/mol. The van der Waals surface area contributed by atoms with Crippen LogP contribution in [0.25, 0.3) is 0 Å². The van der Waals surface area contributed by atoms with Gasteiger partial charge in [0.2, 0.25) is 0 Å². The third-order valence-corrected chi connectivity index (χ3v) is 2.35. The Morgan fingerprint density at radius 2 is 2.12 bits per heavy atom. The van der Waals surface area contributed by atoms with Gasteiger partial charge in [-0.2, -0.15) is 0 Å². The lowest BCUT2D eigenvalue weighted by Crippen LogP contribution is -2.32. The second-order valence-corrected chi connectivity index (χ2v) is 3.77. The van der Waals surface area contributed by atoms with Crippen LogP contribution in [0, 0.1) is 6.92 Å². The number of aryl methyl sites for hydroxylation is 1. The maximum atomic E-state index is 9.49. The van der Waals surface area contributed by atoms with Crippen molar-refractivity contribution in [1.29, 1.82) is 0 Å². The molecule has 16 heavy (non-hydrogen) atoms. The molecule has 1 aromatic rings. The lowest BCUT2D eigenvalue weighted by atomic mass is 10.2. The van der Waals surface area contributed by atoms with E-state index in [0.717, 1.165) is 11.4 Å². The van der Waals surface area contributed by atoms with Crippen LogP contribution in [-0.4, -0.2) is 41.4 Å². The molecule has 2 unspecified atom stereocenters. The van der Waals surface area contributed by atoms with Crippen molar-refractivity contribution in [2.45, 2.75) is 26.0 Å². The molecular formula is C11H19N3O2. The lowest BCUT2D eigenvalue weighted by molar-refractivity contribution is 0.0629. The van der Waals surface area contributed by atoms with E-state index in [9.17, 15) is 5.11 Å². The van der Waals surface area contributed by atoms with E-state index in [2.05, 4.69) is 15.3 Å². The number of aliphatic hydroxyl groups is 1. The smallest absolute Gasteiger partial charge is 0.0897 e. The highest BCUT2D eigenvalue weighted by Crippen LogP contribution is 2.11. The quantitative estimate of drug-likeness (QED) is 0.735. The summed E-state index contributed by atoms with van der Waals surface area (Å²) in [4.78, 5) is 8.44. The van der Waals surface area contributed by atoms with Gasteiger partial charge in [0, 0.05) is 32.1 Å². The second kappa shape index (κ2) is 6.52. The Bertz CT molecular complexity index is 320. The van der Waals surface area contributed by atoms with Crippen LogP contribution in [0.2, 0.25) is 0 Å². The number of methoxy groups -OCH3 is 1. The summed E-state index contributed by atoms with van der Waals surface area (Å²) >= 11 is 0. The van der Waals surface area contributed by atoms with Gasteiger partial charge in [-0.05, 0) is 13.8 Å². The van der Waals surface area contributed by atoms with E-state index in [1.54, 1.807) is 19.5 Å². The van der Waals surface area contributed by atoms with Gasteiger partial charge in [0.15, 0.2) is 0 Å². The van der Waals surface area contributed by atoms with Gasteiger partial charge < -0.3 is 15.2 Å². The average Bonchev–Trinajstić information content (AvgIpc) is 2.27. The number of hydrogen-bond donors (Lipinski definition) is 2. The SMILES string of the molecule is COCC(O)CNC(C)c1nccnc1C. The zero-order valence-corrected chi connectivity index (χ0v) is 9.97. The van der Waals surface area contributed by atoms with E-state index < -0.39 is 6.10 Å². The van der Waals surface area contributed by atoms with E-state index >= 15 is 0 Å². The molecule has 0 bridgehead atoms. The summed E-state index contributed by atoms with van der Waals surface area (Å²) in [5.74, 6) is 0. The first-order valence-electron chi connectivity index (χ1n) is 5.33. The summed E-state index contributed by atoms with van der Waals surface area (Å²) in [5, 5.41) is 12.7. The summed E-state index contributed by atoms with van der Waals surface area (Å²) in [5.41, 5.74) is 1.82. The fourth-order valence-electron chi connectivity index (χ4n) is 1.50. The van der Waals surface area contributed by atoms with E-state index in [4.69, 9.17) is 4.74 Å². The number of ether oxygens (including phenoxy) is 1. The van der Waals surface area contributed by atoms with Crippen molar-refractivity contribution in [1.82, 2.24) is 15.3 Å². The third kappa shape index (κ3) is 3.84. The van der Waals surface area contributed by atoms with Gasteiger partial charge in [0.05, 0.1) is 24.1 Å². The third-order valence-electron chi connectivity index (χ3n) is 2.35. The highest BCUT2D eigenvalue weighted by Gasteiger charge is 2.11. The van der Waals surface area contributed by atoms with E-state index in [-0.39, 0.29) is 6.04 Å². The Labute approximate surface area is 95.9 Å². The number of nitrogens with one attached hydrogen (secondary N) is 1. The first-order valence-corrected chi connectivity index (χ1v) is 5.33. The summed E-state index contributed by atoms with van der Waals surface area (Å²) in [7, 11) is 1.57. The maximum absolute atomic E-state index is 9.49. The van der Waals surface area contributed by atoms with Crippen LogP contribution >= 0.6 is 0 Å². The number of rotatable bonds is 6. The molecule has 0 aromatic carbocycles. The predicted octanol–water partition coefficient (Wildman–Crippen LogP) is 0.443. The van der Waals surface area contributed by atoms with Crippen LogP contribution in [-0.2, 0) is 4.74 Å². The van der Waals surface area contributed by atoms with Gasteiger partial charge in [-0.3, -0.25) is 9.97 Å². The van der Waals surface area contributed by atoms with Crippen LogP contribution in [0.1, 0.15) is 24.4 Å². The van der Waals surface area contributed by atoms with Crippen molar-refractivity contribution < 1.29 is 9.84 Å². The minimum Gasteiger partial charge on any atom is -0.389 e. The van der Waals surface area contributed by atoms with Crippen molar-refractivity contribution in [3.63, 3.8) is 0 Å². The number of aliphatic hydroxyl groups excluding tert-OH is 1. The zero-order chi connectivity index (χ0) is 12.0. The molecule has 0 saturated heterocycles. The molecule has 0 aliphatic heterocycles. The molecule has 0 aliphatic carbocycles. The molecule has 0 aliphatic rings. The van der Waals surface area contributed by atoms with E-state index in [1.165, 1.54) is 0 Å². The van der Waals surface area contributed by atoms with Gasteiger partial charge in [-0.25, -0.2) is 0 Å². The molecule has 90 valence electrons. The molecule has 1 rings (SSSR count). The molecule has 0 radical (unpaired) electrons. The molecule has 0 amide bonds. The first kappa shape index (κ1) is 13.0. The summed E-state index contributed by atoms with van der Waals surface area (Å²) < 4.78 is 4.85. The Kier molecular flexibility index (Phi) is 5.31. The van der Waals surface area contributed by atoms with E-state index in [0.29, 0.717) is 13.2 Å². The largest absolute Gasteiger partial charge is 0.389 e. The standard InChI is InChI=1S/C11H19N3O2/c1-8-11(13-5-4-12-8)9(2)14-6-10(15)7-16-3/h4-5,9-10,14-15H,6-7H2,1-3H3. The first-order chi connectivity index (χ1) is 7.65. The number of aromatic nitrogens is 2. The van der Waals surface area contributed by atoms with Gasteiger partial charge in [0.1, 0.15) is 0 Å². The highest BCUT2D eigenvalue weighted by molar-refractivity contribution is 5.12. The average molecular weight is 225 g/mol. The molecule has 1 heterocycles. The number of nitrogens with zero attached hydrogens (tertiary/aromatic N) is 2. The molecule has 5 nitrogen and oxygen atoms in total. The second-order valence-electron chi connectivity index (χ2n) is 3.77. The van der Waals surface area contributed by atoms with Gasteiger partial charge >= 0.3 is 0 Å². The van der Waals surface area contributed by atoms with Crippen molar-refractivity contribution in [3.8, 4) is 0 Å². The Morgan fingerprint density at radius 3 is 2.75 bits per heavy atom. The lowest BCUT2D eigenvalue weighted by Gasteiger charge is -2.17. The molecule has 0 spiro atoms. The van der Waals surface area contributed by atoms with Crippen molar-refractivity contribution in [3.05, 3.63) is 23.8 Å². The van der Waals surface area contributed by atoms with Crippen LogP contribution in [0.15, 0.2) is 12.4 Å². The Hall–Kier alpha value is -1.04. The van der Waals surface area contributed by atoms with Crippen LogP contribution in [0.3, 0.4) is 0 Å². The zero-order valence-electron chi connectivity index (χ0n) is 9.97. The highest BCUT2D eigenvalue weighted by atomic mass is 16.5. The molecule has 2 N–H and O–H groups in total. The van der Waals surface area contributed by atoms with Crippen molar-refractivity contribution >= 4 is 0 Å². The molecule has 0 saturated carbocycles. The molecule has 5 heteroatoms. The van der Waals surface area contributed by atoms with Gasteiger partial charge in [-0.1, -0.05) is 0 Å². The van der Waals surface area contributed by atoms with Gasteiger partial charge in [-0.15, -0.1) is 0 Å². The maximum Gasteiger partial charge on any atom is 0.0897 e. The number of hydrogen-bond acceptors (Lipinski definition) is 5. The molecule has 1 aromatic heterocycles. The topological polar surface area (TPSA) is 67.3 Å². The van der Waals surface area contributed by atoms with E-state index in [1.807, 2.05) is 13.8 Å². The summed E-state index contributed by atoms with van der Waals surface area (Å²) in [6, 6.07) is 0.0696. The molecule has 0 fully saturated rings. The minimum absolute atomic E-state index is 0.0696. The monoisotopic (exact) mass is 225 g/mol. The Balaban J connectivity index is 2.46. The fourth-order valence-corrected chi connectivity index (χ4v) is 1.50. The van der Waals surface area contributed by atoms with Crippen molar-refractivity contribution in [2.75, 3.05) is 20.3 Å². The normalized spacial score (nSPS) is 14.8. The van der Waals surface area contributed by atoms with Crippen LogP contribution in [0.5, 0.6) is 0 Å². The summed E-state index contributed by atoms with van der Waals surface area (Å²) in [6.45, 7) is 4.73. The fraction of sp³-hybridized carbons (Fsp3) is 0.636.